The van der Waals surface area contributed by atoms with E-state index in [1.807, 2.05) is 0 Å². The second-order valence-electron chi connectivity index (χ2n) is 15.4. The van der Waals surface area contributed by atoms with Gasteiger partial charge in [0, 0.05) is 0 Å². The molecule has 15 N–H and O–H groups in total. The minimum atomic E-state index is -3.89. The number of benzene rings is 2. The number of hydrogen-bond acceptors (Lipinski definition) is 22. The zero-order valence-electron chi connectivity index (χ0n) is 33.3. The molecule has 2 aliphatic heterocycles. The van der Waals surface area contributed by atoms with E-state index < -0.39 is 154 Å². The van der Waals surface area contributed by atoms with Gasteiger partial charge in [-0.05, 0) is 53.6 Å². The first-order chi connectivity index (χ1) is 30.5. The van der Waals surface area contributed by atoms with Crippen molar-refractivity contribution in [1.29, 1.82) is 0 Å². The second-order valence-corrected chi connectivity index (χ2v) is 15.4. The van der Waals surface area contributed by atoms with Gasteiger partial charge in [0.25, 0.3) is 0 Å². The zero-order valence-corrected chi connectivity index (χ0v) is 33.3. The van der Waals surface area contributed by atoms with E-state index in [2.05, 4.69) is 0 Å². The maximum absolute atomic E-state index is 14.5. The Morgan fingerprint density at radius 3 is 1.34 bits per heavy atom. The van der Waals surface area contributed by atoms with Gasteiger partial charge in [-0.3, -0.25) is 24.0 Å². The van der Waals surface area contributed by atoms with Crippen LogP contribution in [0.3, 0.4) is 0 Å². The van der Waals surface area contributed by atoms with Gasteiger partial charge in [-0.1, -0.05) is 36.4 Å². The van der Waals surface area contributed by atoms with Crippen LogP contribution in [0.5, 0.6) is 11.5 Å². The highest BCUT2D eigenvalue weighted by Crippen LogP contribution is 2.45. The molecule has 22 heteroatoms. The first-order valence-corrected chi connectivity index (χ1v) is 19.3. The minimum absolute atomic E-state index is 0.0686. The van der Waals surface area contributed by atoms with E-state index in [1.165, 1.54) is 48.5 Å². The SMILES string of the molecule is O=C(/C=C/c1ccc(O)cc1)C1=C(O)C(O)([C@@H]2O[C@H](CO)[C@@H](O)[C@H](O)[C@H]2O)C(O)=C(/C=C2/C(=O)C(C(=O)/C=C/c3ccc(O)cc3)=C(O)[C@@](O)([C@@H]3O[C@H](CO)[C@@H](O)[C@H](O)[C@H]3O)C2=O)C1=O. The summed E-state index contributed by atoms with van der Waals surface area (Å²) in [6, 6.07) is 9.97. The van der Waals surface area contributed by atoms with Crippen molar-refractivity contribution in [2.24, 2.45) is 0 Å². The predicted molar refractivity (Wildman–Crippen MR) is 214 cm³/mol. The molecule has 2 aromatic rings. The molecule has 1 unspecified atom stereocenters. The lowest BCUT2D eigenvalue weighted by Gasteiger charge is -2.47. The van der Waals surface area contributed by atoms with Crippen molar-refractivity contribution < 1.29 is 110 Å². The molecule has 0 spiro atoms. The number of carbonyl (C=O) groups excluding carboxylic acids is 5. The number of ketones is 5. The standard InChI is InChI=1S/C43H42O22/c44-14-24-30(52)32(54)34(56)40(64-24)42(62)36(58)20(28(50)26(38(42)60)22(48)11-5-16-1-7-18(46)8-2-16)13-21-29(51)27(23(49)12-6-17-3-9-19(47)10-4-17)39(61)43(63,37(21)59)41-35(57)33(55)31(53)25(15-45)65-41/h1-13,24-25,30-35,40-41,44-47,52-58,60-63H,14-15H2/b11-5+,12-6+,21-13-/t24-,25-,30-,31-,32+,33+,34-,35-,40-,41-,42?,43-/m1/s1. The second kappa shape index (κ2) is 18.3. The van der Waals surface area contributed by atoms with Gasteiger partial charge in [0.2, 0.25) is 28.6 Å². The Morgan fingerprint density at radius 2 is 0.923 bits per heavy atom. The number of rotatable bonds is 11. The van der Waals surface area contributed by atoms with E-state index in [4.69, 9.17) is 9.47 Å². The quantitative estimate of drug-likeness (QED) is 0.0759. The summed E-state index contributed by atoms with van der Waals surface area (Å²) in [5, 5.41) is 162. The van der Waals surface area contributed by atoms with Crippen LogP contribution >= 0.6 is 0 Å². The van der Waals surface area contributed by atoms with Crippen LogP contribution in [0.15, 0.2) is 106 Å². The Labute approximate surface area is 365 Å². The summed E-state index contributed by atoms with van der Waals surface area (Å²) in [5.74, 6) is -14.7. The Morgan fingerprint density at radius 1 is 0.538 bits per heavy atom. The first kappa shape index (κ1) is 48.2. The molecule has 0 aromatic heterocycles. The Balaban J connectivity index is 1.59. The molecular weight excluding hydrogens is 868 g/mol. The number of Topliss-reactive ketones (excluding diaryl/α,β-unsaturated/α-hetero) is 3. The van der Waals surface area contributed by atoms with Crippen LogP contribution in [0.25, 0.3) is 12.2 Å². The van der Waals surface area contributed by atoms with Crippen LogP contribution in [0.1, 0.15) is 11.1 Å². The molecule has 6 rings (SSSR count). The monoisotopic (exact) mass is 910 g/mol. The van der Waals surface area contributed by atoms with Crippen molar-refractivity contribution in [3.63, 3.8) is 0 Å². The van der Waals surface area contributed by atoms with E-state index in [0.717, 1.165) is 12.2 Å². The third-order valence-electron chi connectivity index (χ3n) is 11.4. The molecule has 2 saturated heterocycles. The zero-order chi connectivity index (χ0) is 48.0. The molecule has 4 aliphatic rings. The third kappa shape index (κ3) is 8.22. The maximum Gasteiger partial charge on any atom is 0.214 e. The van der Waals surface area contributed by atoms with Crippen molar-refractivity contribution in [3.8, 4) is 11.5 Å². The lowest BCUT2D eigenvalue weighted by molar-refractivity contribution is -0.265. The lowest BCUT2D eigenvalue weighted by Crippen LogP contribution is -2.69. The molecule has 2 aromatic carbocycles. The number of allylic oxidation sites excluding steroid dienone is 6. The molecule has 0 saturated carbocycles. The van der Waals surface area contributed by atoms with Crippen LogP contribution in [-0.2, 0) is 33.4 Å². The first-order valence-electron chi connectivity index (χ1n) is 19.3. The molecule has 65 heavy (non-hydrogen) atoms. The molecule has 2 aliphatic carbocycles. The van der Waals surface area contributed by atoms with Crippen molar-refractivity contribution in [2.45, 2.75) is 72.2 Å². The number of aliphatic hydroxyl groups excluding tert-OH is 11. The Bertz CT molecular complexity index is 2460. The van der Waals surface area contributed by atoms with Gasteiger partial charge >= 0.3 is 0 Å². The molecule has 22 nitrogen and oxygen atoms in total. The largest absolute Gasteiger partial charge is 0.508 e. The average Bonchev–Trinajstić information content (AvgIpc) is 3.28. The van der Waals surface area contributed by atoms with Crippen molar-refractivity contribution in [2.75, 3.05) is 13.2 Å². The molecule has 0 radical (unpaired) electrons. The molecule has 2 heterocycles. The van der Waals surface area contributed by atoms with Crippen LogP contribution in [0.4, 0.5) is 0 Å². The fourth-order valence-corrected chi connectivity index (χ4v) is 7.68. The highest BCUT2D eigenvalue weighted by Gasteiger charge is 2.64. The Hall–Kier alpha value is -6.25. The number of hydrogen-bond donors (Lipinski definition) is 15. The molecule has 346 valence electrons. The highest BCUT2D eigenvalue weighted by atomic mass is 16.6. The predicted octanol–water partition coefficient (Wildman–Crippen LogP) is -3.79. The van der Waals surface area contributed by atoms with E-state index in [-0.39, 0.29) is 28.7 Å². The molecule has 0 amide bonds. The minimum Gasteiger partial charge on any atom is -0.508 e. The van der Waals surface area contributed by atoms with Gasteiger partial charge in [-0.15, -0.1) is 0 Å². The van der Waals surface area contributed by atoms with Crippen molar-refractivity contribution in [3.05, 3.63) is 117 Å². The topological polar surface area (TPSA) is 407 Å². The Kier molecular flexibility index (Phi) is 13.6. The molecule has 2 fully saturated rings. The van der Waals surface area contributed by atoms with Crippen LogP contribution < -0.4 is 0 Å². The smallest absolute Gasteiger partial charge is 0.214 e. The summed E-state index contributed by atoms with van der Waals surface area (Å²) in [6.45, 7) is -2.32. The number of phenolic OH excluding ortho intramolecular Hbond substituents is 2. The van der Waals surface area contributed by atoms with Gasteiger partial charge in [-0.2, -0.15) is 0 Å². The normalized spacial score (nSPS) is 34.4. The van der Waals surface area contributed by atoms with Gasteiger partial charge in [0.05, 0.1) is 24.4 Å². The number of aliphatic hydroxyl groups is 13. The third-order valence-corrected chi connectivity index (χ3v) is 11.4. The fourth-order valence-electron chi connectivity index (χ4n) is 7.68. The number of ether oxygens (including phenoxy) is 2. The van der Waals surface area contributed by atoms with E-state index in [1.54, 1.807) is 0 Å². The summed E-state index contributed by atoms with van der Waals surface area (Å²) in [7, 11) is 0. The molecular formula is C43H42O22. The average molecular weight is 911 g/mol. The highest BCUT2D eigenvalue weighted by molar-refractivity contribution is 6.42. The number of aromatic hydroxyl groups is 2. The maximum atomic E-state index is 14.5. The van der Waals surface area contributed by atoms with Gasteiger partial charge in [0.15, 0.2) is 11.6 Å². The van der Waals surface area contributed by atoms with Crippen molar-refractivity contribution in [1.82, 2.24) is 0 Å². The number of phenols is 2. The van der Waals surface area contributed by atoms with Gasteiger partial charge in [0.1, 0.15) is 101 Å². The summed E-state index contributed by atoms with van der Waals surface area (Å²) in [5.41, 5.74) is -13.4. The van der Waals surface area contributed by atoms with Gasteiger partial charge in [-0.25, -0.2) is 0 Å². The summed E-state index contributed by atoms with van der Waals surface area (Å²) in [4.78, 5) is 70.9. The van der Waals surface area contributed by atoms with Crippen molar-refractivity contribution >= 4 is 41.1 Å². The molecule has 0 bridgehead atoms. The summed E-state index contributed by atoms with van der Waals surface area (Å²) >= 11 is 0. The van der Waals surface area contributed by atoms with Crippen LogP contribution in [0, 0.1) is 0 Å². The van der Waals surface area contributed by atoms with Gasteiger partial charge < -0.3 is 86.1 Å². The van der Waals surface area contributed by atoms with Crippen LogP contribution in [-0.4, -0.2) is 191 Å². The van der Waals surface area contributed by atoms with E-state index in [0.29, 0.717) is 12.2 Å². The number of carbonyl (C=O) groups is 5. The lowest BCUT2D eigenvalue weighted by atomic mass is 9.70. The molecule has 12 atom stereocenters. The van der Waals surface area contributed by atoms with Crippen LogP contribution in [0.2, 0.25) is 0 Å². The summed E-state index contributed by atoms with van der Waals surface area (Å²) in [6.07, 6.45) is -19.9. The fraction of sp³-hybridized carbons (Fsp3) is 0.326. The van der Waals surface area contributed by atoms with E-state index >= 15 is 0 Å². The summed E-state index contributed by atoms with van der Waals surface area (Å²) < 4.78 is 10.7. The van der Waals surface area contributed by atoms with E-state index in [9.17, 15) is 101 Å².